The summed E-state index contributed by atoms with van der Waals surface area (Å²) in [5, 5.41) is 6.72. The summed E-state index contributed by atoms with van der Waals surface area (Å²) in [7, 11) is 0. The summed E-state index contributed by atoms with van der Waals surface area (Å²) in [5.41, 5.74) is 6.34. The van der Waals surface area contributed by atoms with Crippen LogP contribution in [-0.4, -0.2) is 34.9 Å². The number of alkyl halides is 3. The number of hydrogen-bond donors (Lipinski definition) is 2. The van der Waals surface area contributed by atoms with Crippen molar-refractivity contribution in [2.45, 2.75) is 44.4 Å². The standard InChI is InChI=1S/C16H21F3N4.C4H4.2H2/c17-16(18,19)8-3-11-23-14-5-2-1-4-13(14)22-15(23)21-12-6-9-20-10-7-12;1-3-4-2;;/h1-2,4-5,12,20H,3,6-11H2,(H,21,22);1-2H2;2*1H/i;;2*1+1D. The monoisotopic (exact) mass is 386 g/mol. The van der Waals surface area contributed by atoms with Crippen LogP contribution < -0.4 is 10.6 Å². The number of aryl methyl sites for hydroxylation is 1. The maximum atomic E-state index is 12.4. The maximum absolute atomic E-state index is 12.4. The highest BCUT2D eigenvalue weighted by molar-refractivity contribution is 5.78. The molecule has 27 heavy (non-hydrogen) atoms. The molecule has 1 saturated heterocycles. The topological polar surface area (TPSA) is 41.9 Å². The van der Waals surface area contributed by atoms with Crippen LogP contribution in [0.4, 0.5) is 19.1 Å². The van der Waals surface area contributed by atoms with E-state index in [1.807, 2.05) is 28.8 Å². The molecule has 0 amide bonds. The van der Waals surface area contributed by atoms with E-state index in [0.717, 1.165) is 37.0 Å². The average Bonchev–Trinajstić information content (AvgIpc) is 3.13. The van der Waals surface area contributed by atoms with E-state index in [9.17, 15) is 13.2 Å². The van der Waals surface area contributed by atoms with Crippen LogP contribution in [0.3, 0.4) is 0 Å². The number of nitrogens with one attached hydrogen (secondary N) is 2. The van der Waals surface area contributed by atoms with E-state index >= 15 is 0 Å². The van der Waals surface area contributed by atoms with Crippen LogP contribution in [0, 0.1) is 0 Å². The van der Waals surface area contributed by atoms with Gasteiger partial charge in [-0.25, -0.2) is 4.98 Å². The number of benzene rings is 1. The second-order valence-electron chi connectivity index (χ2n) is 6.32. The minimum atomic E-state index is -4.11. The quantitative estimate of drug-likeness (QED) is 0.699. The van der Waals surface area contributed by atoms with Gasteiger partial charge in [-0.3, -0.25) is 0 Å². The SMILES string of the molecule is C=C=C=C.FC(F)(F)CCCn1c(NC2CCNCC2)nc2ccccc21.[2H][2H].[2H][2H]. The number of piperidine rings is 1. The van der Waals surface area contributed by atoms with E-state index in [1.54, 1.807) is 0 Å². The van der Waals surface area contributed by atoms with Crippen molar-refractivity contribution in [2.75, 3.05) is 18.4 Å². The van der Waals surface area contributed by atoms with Gasteiger partial charge in [-0.15, -0.1) is 0 Å². The highest BCUT2D eigenvalue weighted by atomic mass is 19.4. The first-order valence-corrected chi connectivity index (χ1v) is 8.98. The van der Waals surface area contributed by atoms with Gasteiger partial charge in [0.15, 0.2) is 0 Å². The molecule has 0 unspecified atom stereocenters. The van der Waals surface area contributed by atoms with Crippen LogP contribution in [0.25, 0.3) is 11.0 Å². The van der Waals surface area contributed by atoms with Gasteiger partial charge < -0.3 is 15.2 Å². The molecule has 7 heteroatoms. The molecule has 2 heterocycles. The molecule has 0 bridgehead atoms. The summed E-state index contributed by atoms with van der Waals surface area (Å²) in [6.07, 6.45) is -2.84. The number of aromatic nitrogens is 2. The van der Waals surface area contributed by atoms with Gasteiger partial charge in [0, 0.05) is 24.9 Å². The first-order valence-electron chi connectivity index (χ1n) is 11.0. The largest absolute Gasteiger partial charge is 0.389 e. The molecule has 1 aromatic heterocycles. The van der Waals surface area contributed by atoms with Crippen molar-refractivity contribution in [3.05, 3.63) is 48.9 Å². The molecule has 1 fully saturated rings. The number of para-hydroxylation sites is 2. The summed E-state index contributed by atoms with van der Waals surface area (Å²) >= 11 is 0. The fraction of sp³-hybridized carbons (Fsp3) is 0.450. The lowest BCUT2D eigenvalue weighted by Gasteiger charge is -2.24. The maximum Gasteiger partial charge on any atom is 0.389 e. The lowest BCUT2D eigenvalue weighted by molar-refractivity contribution is -0.135. The van der Waals surface area contributed by atoms with Crippen molar-refractivity contribution in [1.82, 2.24) is 14.9 Å². The van der Waals surface area contributed by atoms with Gasteiger partial charge in [0.05, 0.1) is 11.0 Å². The van der Waals surface area contributed by atoms with E-state index in [1.165, 1.54) is 0 Å². The predicted octanol–water partition coefficient (Wildman–Crippen LogP) is 5.15. The summed E-state index contributed by atoms with van der Waals surface area (Å²) in [6.45, 7) is 8.57. The Morgan fingerprint density at radius 1 is 1.26 bits per heavy atom. The first-order chi connectivity index (χ1) is 14.9. The second kappa shape index (κ2) is 10.0. The minimum Gasteiger partial charge on any atom is -0.353 e. The Bertz CT molecular complexity index is 800. The van der Waals surface area contributed by atoms with Crippen LogP contribution >= 0.6 is 0 Å². The highest BCUT2D eigenvalue weighted by Crippen LogP contribution is 2.25. The van der Waals surface area contributed by atoms with Crippen molar-refractivity contribution >= 4 is 17.0 Å². The molecule has 0 saturated carbocycles. The molecular weight excluding hydrogens is 353 g/mol. The van der Waals surface area contributed by atoms with Gasteiger partial charge in [0.1, 0.15) is 0 Å². The molecule has 4 nitrogen and oxygen atoms in total. The van der Waals surface area contributed by atoms with Gasteiger partial charge >= 0.3 is 6.18 Å². The van der Waals surface area contributed by atoms with Gasteiger partial charge in [0.25, 0.3) is 0 Å². The molecule has 0 atom stereocenters. The number of hydrogen-bond acceptors (Lipinski definition) is 3. The zero-order valence-electron chi connectivity index (χ0n) is 19.3. The van der Waals surface area contributed by atoms with E-state index in [2.05, 4.69) is 40.2 Å². The molecule has 0 radical (unpaired) electrons. The normalized spacial score (nSPS) is 15.4. The lowest BCUT2D eigenvalue weighted by atomic mass is 10.1. The number of nitrogens with zero attached hydrogens (tertiary/aromatic N) is 2. The number of fused-ring (bicyclic) bond motifs is 1. The smallest absolute Gasteiger partial charge is 0.353 e. The fourth-order valence-electron chi connectivity index (χ4n) is 3.00. The van der Waals surface area contributed by atoms with Gasteiger partial charge in [-0.2, -0.15) is 13.2 Å². The van der Waals surface area contributed by atoms with Crippen LogP contribution in [0.5, 0.6) is 0 Å². The summed E-state index contributed by atoms with van der Waals surface area (Å²) in [6, 6.07) is 7.89. The van der Waals surface area contributed by atoms with Gasteiger partial charge in [-0.1, -0.05) is 23.6 Å². The lowest BCUT2D eigenvalue weighted by Crippen LogP contribution is -2.36. The van der Waals surface area contributed by atoms with E-state index in [4.69, 9.17) is 5.94 Å². The van der Waals surface area contributed by atoms with E-state index in [-0.39, 0.29) is 6.42 Å². The third-order valence-electron chi connectivity index (χ3n) is 4.29. The molecule has 1 aromatic carbocycles. The Morgan fingerprint density at radius 3 is 2.56 bits per heavy atom. The molecule has 1 aliphatic heterocycles. The molecule has 0 aliphatic carbocycles. The Balaban J connectivity index is 0.000000992. The van der Waals surface area contributed by atoms with Gasteiger partial charge in [-0.05, 0) is 57.6 Å². The van der Waals surface area contributed by atoms with E-state index in [0.29, 0.717) is 18.5 Å². The highest BCUT2D eigenvalue weighted by Gasteiger charge is 2.26. The van der Waals surface area contributed by atoms with Crippen molar-refractivity contribution in [3.63, 3.8) is 0 Å². The van der Waals surface area contributed by atoms with Crippen LogP contribution in [0.1, 0.15) is 31.6 Å². The molecular formula is C20H29F3N4. The zero-order chi connectivity index (χ0) is 23.7. The van der Waals surface area contributed by atoms with Crippen molar-refractivity contribution in [3.8, 4) is 0 Å². The summed E-state index contributed by atoms with van der Waals surface area (Å²) < 4.78 is 59.2. The molecule has 0 spiro atoms. The van der Waals surface area contributed by atoms with Crippen LogP contribution in [0.15, 0.2) is 48.9 Å². The van der Waals surface area contributed by atoms with Crippen LogP contribution in [-0.2, 0) is 6.54 Å². The molecule has 2 aromatic rings. The fourth-order valence-corrected chi connectivity index (χ4v) is 3.00. The number of anilines is 1. The predicted molar refractivity (Wildman–Crippen MR) is 107 cm³/mol. The molecule has 2 N–H and O–H groups in total. The second-order valence-corrected chi connectivity index (χ2v) is 6.32. The number of rotatable bonds is 5. The molecule has 150 valence electrons. The molecule has 3 rings (SSSR count). The Hall–Kier alpha value is -2.46. The third-order valence-corrected chi connectivity index (χ3v) is 4.29. The zero-order valence-corrected chi connectivity index (χ0v) is 15.3. The average molecular weight is 386 g/mol. The third kappa shape index (κ3) is 6.65. The summed E-state index contributed by atoms with van der Waals surface area (Å²) in [4.78, 5) is 4.57. The Morgan fingerprint density at radius 2 is 1.93 bits per heavy atom. The summed E-state index contributed by atoms with van der Waals surface area (Å²) in [5.74, 6) is 0.681. The first kappa shape index (κ1) is 17.9. The van der Waals surface area contributed by atoms with Gasteiger partial charge in [0.2, 0.25) is 5.95 Å². The van der Waals surface area contributed by atoms with Crippen molar-refractivity contribution < 1.29 is 19.1 Å². The van der Waals surface area contributed by atoms with Crippen molar-refractivity contribution in [1.29, 1.82) is 0 Å². The number of imidazole rings is 1. The van der Waals surface area contributed by atoms with Crippen molar-refractivity contribution in [2.24, 2.45) is 0 Å². The minimum absolute atomic E-state index is 0.0603. The van der Waals surface area contributed by atoms with Crippen LogP contribution in [0.2, 0.25) is 0 Å². The number of halogens is 3. The van der Waals surface area contributed by atoms with E-state index < -0.39 is 12.6 Å². The Labute approximate surface area is 163 Å². The molecule has 1 aliphatic rings. The Kier molecular flexibility index (Phi) is 6.66.